The number of hydrogen-bond acceptors (Lipinski definition) is 3. The van der Waals surface area contributed by atoms with E-state index in [1.165, 1.54) is 0 Å². The standard InChI is InChI=1S/C15H22O3/c1-3-18-14-7-6-11(2)9-13(14)15(16)12-5-4-8-17-10-12/h6-7,9,12,15-16H,3-5,8,10H2,1-2H3. The monoisotopic (exact) mass is 250 g/mol. The molecule has 2 atom stereocenters. The van der Waals surface area contributed by atoms with Gasteiger partial charge in [0.15, 0.2) is 0 Å². The molecule has 0 spiro atoms. The number of aryl methyl sites for hydroxylation is 1. The lowest BCUT2D eigenvalue weighted by molar-refractivity contribution is -0.0109. The topological polar surface area (TPSA) is 38.7 Å². The highest BCUT2D eigenvalue weighted by atomic mass is 16.5. The predicted octanol–water partition coefficient (Wildman–Crippen LogP) is 2.85. The number of ether oxygens (including phenoxy) is 2. The van der Waals surface area contributed by atoms with Gasteiger partial charge in [-0.25, -0.2) is 0 Å². The molecule has 3 nitrogen and oxygen atoms in total. The molecule has 1 aromatic rings. The number of rotatable bonds is 4. The highest BCUT2D eigenvalue weighted by molar-refractivity contribution is 5.38. The quantitative estimate of drug-likeness (QED) is 0.893. The van der Waals surface area contributed by atoms with Crippen LogP contribution in [0.25, 0.3) is 0 Å². The summed E-state index contributed by atoms with van der Waals surface area (Å²) in [4.78, 5) is 0. The minimum absolute atomic E-state index is 0.180. The van der Waals surface area contributed by atoms with Gasteiger partial charge in [0.1, 0.15) is 5.75 Å². The molecule has 3 heteroatoms. The fourth-order valence-electron chi connectivity index (χ4n) is 2.45. The molecular weight excluding hydrogens is 228 g/mol. The highest BCUT2D eigenvalue weighted by Crippen LogP contribution is 2.34. The maximum Gasteiger partial charge on any atom is 0.125 e. The Morgan fingerprint density at radius 3 is 3.00 bits per heavy atom. The third-order valence-corrected chi connectivity index (χ3v) is 3.43. The summed E-state index contributed by atoms with van der Waals surface area (Å²) in [6, 6.07) is 5.98. The summed E-state index contributed by atoms with van der Waals surface area (Å²) in [6.07, 6.45) is 1.55. The molecule has 2 unspecified atom stereocenters. The highest BCUT2D eigenvalue weighted by Gasteiger charge is 2.26. The van der Waals surface area contributed by atoms with E-state index in [0.717, 1.165) is 36.3 Å². The fourth-order valence-corrected chi connectivity index (χ4v) is 2.45. The van der Waals surface area contributed by atoms with Crippen LogP contribution in [0.1, 0.15) is 37.0 Å². The lowest BCUT2D eigenvalue weighted by Crippen LogP contribution is -2.24. The molecule has 1 fully saturated rings. The number of hydrogen-bond donors (Lipinski definition) is 1. The predicted molar refractivity (Wildman–Crippen MR) is 70.9 cm³/mol. The SMILES string of the molecule is CCOc1ccc(C)cc1C(O)C1CCCOC1. The van der Waals surface area contributed by atoms with E-state index in [2.05, 4.69) is 0 Å². The smallest absolute Gasteiger partial charge is 0.125 e. The van der Waals surface area contributed by atoms with Gasteiger partial charge in [0.25, 0.3) is 0 Å². The van der Waals surface area contributed by atoms with Gasteiger partial charge < -0.3 is 14.6 Å². The lowest BCUT2D eigenvalue weighted by Gasteiger charge is -2.28. The van der Waals surface area contributed by atoms with Crippen LogP contribution in [0.5, 0.6) is 5.75 Å². The van der Waals surface area contributed by atoms with Crippen molar-refractivity contribution in [2.24, 2.45) is 5.92 Å². The Labute approximate surface area is 109 Å². The van der Waals surface area contributed by atoms with Crippen molar-refractivity contribution < 1.29 is 14.6 Å². The van der Waals surface area contributed by atoms with E-state index < -0.39 is 6.10 Å². The van der Waals surface area contributed by atoms with E-state index >= 15 is 0 Å². The molecule has 2 rings (SSSR count). The van der Waals surface area contributed by atoms with Crippen molar-refractivity contribution in [1.29, 1.82) is 0 Å². The average Bonchev–Trinajstić information content (AvgIpc) is 2.41. The van der Waals surface area contributed by atoms with Crippen molar-refractivity contribution in [3.05, 3.63) is 29.3 Å². The van der Waals surface area contributed by atoms with Crippen molar-refractivity contribution in [3.63, 3.8) is 0 Å². The zero-order valence-corrected chi connectivity index (χ0v) is 11.2. The molecule has 18 heavy (non-hydrogen) atoms. The van der Waals surface area contributed by atoms with E-state index in [9.17, 15) is 5.11 Å². The molecule has 1 aromatic carbocycles. The van der Waals surface area contributed by atoms with E-state index in [1.54, 1.807) is 0 Å². The molecule has 1 aliphatic rings. The molecule has 1 saturated heterocycles. The molecular formula is C15H22O3. The van der Waals surface area contributed by atoms with E-state index in [0.29, 0.717) is 13.2 Å². The second kappa shape index (κ2) is 6.21. The van der Waals surface area contributed by atoms with E-state index in [1.807, 2.05) is 32.0 Å². The Morgan fingerprint density at radius 2 is 2.33 bits per heavy atom. The molecule has 0 aromatic heterocycles. The maximum absolute atomic E-state index is 10.5. The van der Waals surface area contributed by atoms with Crippen LogP contribution in [-0.2, 0) is 4.74 Å². The van der Waals surface area contributed by atoms with Gasteiger partial charge in [0.2, 0.25) is 0 Å². The van der Waals surface area contributed by atoms with Crippen LogP contribution >= 0.6 is 0 Å². The molecule has 1 N–H and O–H groups in total. The molecule has 1 heterocycles. The summed E-state index contributed by atoms with van der Waals surface area (Å²) >= 11 is 0. The first-order valence-electron chi connectivity index (χ1n) is 6.71. The molecule has 0 radical (unpaired) electrons. The van der Waals surface area contributed by atoms with Gasteiger partial charge in [0.05, 0.1) is 19.3 Å². The molecule has 0 aliphatic carbocycles. The molecule has 0 bridgehead atoms. The summed E-state index contributed by atoms with van der Waals surface area (Å²) < 4.78 is 11.1. The van der Waals surface area contributed by atoms with Crippen LogP contribution in [-0.4, -0.2) is 24.9 Å². The van der Waals surface area contributed by atoms with Crippen molar-refractivity contribution in [2.45, 2.75) is 32.8 Å². The second-order valence-corrected chi connectivity index (χ2v) is 4.90. The number of aliphatic hydroxyl groups excluding tert-OH is 1. The van der Waals surface area contributed by atoms with Crippen LogP contribution in [0.15, 0.2) is 18.2 Å². The maximum atomic E-state index is 10.5. The van der Waals surface area contributed by atoms with Crippen LogP contribution < -0.4 is 4.74 Å². The van der Waals surface area contributed by atoms with Crippen LogP contribution in [0.2, 0.25) is 0 Å². The normalized spacial score (nSPS) is 21.6. The first kappa shape index (κ1) is 13.4. The first-order valence-corrected chi connectivity index (χ1v) is 6.71. The van der Waals surface area contributed by atoms with Gasteiger partial charge in [-0.15, -0.1) is 0 Å². The zero-order valence-electron chi connectivity index (χ0n) is 11.2. The van der Waals surface area contributed by atoms with Crippen molar-refractivity contribution in [2.75, 3.05) is 19.8 Å². The Kier molecular flexibility index (Phi) is 4.61. The van der Waals surface area contributed by atoms with E-state index in [-0.39, 0.29) is 5.92 Å². The molecule has 0 saturated carbocycles. The Balaban J connectivity index is 2.21. The Morgan fingerprint density at radius 1 is 1.50 bits per heavy atom. The van der Waals surface area contributed by atoms with Gasteiger partial charge in [-0.05, 0) is 38.8 Å². The minimum atomic E-state index is -0.494. The van der Waals surface area contributed by atoms with Crippen molar-refractivity contribution >= 4 is 0 Å². The minimum Gasteiger partial charge on any atom is -0.493 e. The molecule has 0 amide bonds. The average molecular weight is 250 g/mol. The lowest BCUT2D eigenvalue weighted by atomic mass is 9.90. The van der Waals surface area contributed by atoms with Gasteiger partial charge in [-0.3, -0.25) is 0 Å². The summed E-state index contributed by atoms with van der Waals surface area (Å²) in [5.41, 5.74) is 2.04. The zero-order chi connectivity index (χ0) is 13.0. The van der Waals surface area contributed by atoms with Crippen LogP contribution in [0.3, 0.4) is 0 Å². The second-order valence-electron chi connectivity index (χ2n) is 4.90. The van der Waals surface area contributed by atoms with Gasteiger partial charge >= 0.3 is 0 Å². The summed E-state index contributed by atoms with van der Waals surface area (Å²) in [5, 5.41) is 10.5. The number of benzene rings is 1. The van der Waals surface area contributed by atoms with Crippen molar-refractivity contribution in [1.82, 2.24) is 0 Å². The van der Waals surface area contributed by atoms with Crippen LogP contribution in [0.4, 0.5) is 0 Å². The third-order valence-electron chi connectivity index (χ3n) is 3.43. The van der Waals surface area contributed by atoms with Gasteiger partial charge in [0, 0.05) is 18.1 Å². The Hall–Kier alpha value is -1.06. The summed E-state index contributed by atoms with van der Waals surface area (Å²) in [5.74, 6) is 0.973. The molecule has 1 aliphatic heterocycles. The van der Waals surface area contributed by atoms with Crippen molar-refractivity contribution in [3.8, 4) is 5.75 Å². The van der Waals surface area contributed by atoms with E-state index in [4.69, 9.17) is 9.47 Å². The number of aliphatic hydroxyl groups is 1. The first-order chi connectivity index (χ1) is 8.72. The largest absolute Gasteiger partial charge is 0.493 e. The molecule has 100 valence electrons. The van der Waals surface area contributed by atoms with Crippen LogP contribution in [0, 0.1) is 12.8 Å². The Bertz CT molecular complexity index is 383. The van der Waals surface area contributed by atoms with Gasteiger partial charge in [-0.2, -0.15) is 0 Å². The van der Waals surface area contributed by atoms with Gasteiger partial charge in [-0.1, -0.05) is 11.6 Å². The third kappa shape index (κ3) is 3.03. The summed E-state index contributed by atoms with van der Waals surface area (Å²) in [7, 11) is 0. The fraction of sp³-hybridized carbons (Fsp3) is 0.600. The summed E-state index contributed by atoms with van der Waals surface area (Å²) in [6.45, 7) is 6.06.